The topological polar surface area (TPSA) is 132 Å². The van der Waals surface area contributed by atoms with E-state index in [0.29, 0.717) is 26.1 Å². The lowest BCUT2D eigenvalue weighted by molar-refractivity contribution is -0.153. The predicted molar refractivity (Wildman–Crippen MR) is 76.0 cm³/mol. The molecular weight excluding hydrogens is 292 g/mol. The highest BCUT2D eigenvalue weighted by atomic mass is 16.6. The first-order chi connectivity index (χ1) is 10.5. The van der Waals surface area contributed by atoms with E-state index in [1.54, 1.807) is 0 Å². The highest BCUT2D eigenvalue weighted by Crippen LogP contribution is 2.31. The van der Waals surface area contributed by atoms with Crippen molar-refractivity contribution in [3.8, 4) is 0 Å². The van der Waals surface area contributed by atoms with E-state index in [1.165, 1.54) is 18.9 Å². The maximum atomic E-state index is 11.8. The summed E-state index contributed by atoms with van der Waals surface area (Å²) in [5, 5.41) is 4.30. The van der Waals surface area contributed by atoms with E-state index >= 15 is 0 Å². The smallest absolute Gasteiger partial charge is 0.341 e. The molecule has 0 saturated carbocycles. The molecule has 2 heterocycles. The Morgan fingerprint density at radius 3 is 2.50 bits per heavy atom. The van der Waals surface area contributed by atoms with Crippen LogP contribution >= 0.6 is 0 Å². The maximum Gasteiger partial charge on any atom is 0.341 e. The van der Waals surface area contributed by atoms with Gasteiger partial charge in [-0.2, -0.15) is 5.10 Å². The minimum atomic E-state index is -1.16. The minimum absolute atomic E-state index is 0.0104. The number of ether oxygens (including phenoxy) is 3. The molecule has 0 aliphatic carbocycles. The van der Waals surface area contributed by atoms with Crippen molar-refractivity contribution in [3.63, 3.8) is 0 Å². The number of anilines is 1. The average Bonchev–Trinajstić information content (AvgIpc) is 2.86. The minimum Gasteiger partial charge on any atom is -0.467 e. The number of nitrogens with two attached hydrogens (primary N) is 2. The molecule has 1 aliphatic heterocycles. The normalized spacial score (nSPS) is 17.2. The first-order valence-electron chi connectivity index (χ1n) is 6.87. The number of rotatable bonds is 5. The number of hydrogen-bond donors (Lipinski definition) is 2. The molecule has 1 aromatic rings. The first-order valence-corrected chi connectivity index (χ1v) is 6.87. The quantitative estimate of drug-likeness (QED) is 0.718. The van der Waals surface area contributed by atoms with Crippen LogP contribution in [0.15, 0.2) is 0 Å². The van der Waals surface area contributed by atoms with Gasteiger partial charge in [0.2, 0.25) is 0 Å². The molecule has 1 atom stereocenters. The van der Waals surface area contributed by atoms with Crippen LogP contribution in [-0.2, 0) is 19.0 Å². The molecule has 1 fully saturated rings. The van der Waals surface area contributed by atoms with Gasteiger partial charge in [0.1, 0.15) is 17.1 Å². The Morgan fingerprint density at radius 2 is 2.00 bits per heavy atom. The summed E-state index contributed by atoms with van der Waals surface area (Å²) >= 11 is 0. The summed E-state index contributed by atoms with van der Waals surface area (Å²) < 4.78 is 16.6. The van der Waals surface area contributed by atoms with Gasteiger partial charge < -0.3 is 25.7 Å². The molecule has 1 saturated heterocycles. The van der Waals surface area contributed by atoms with Gasteiger partial charge in [0.25, 0.3) is 5.91 Å². The highest BCUT2D eigenvalue weighted by Gasteiger charge is 2.33. The number of aromatic nitrogens is 2. The Hall–Kier alpha value is -2.13. The zero-order valence-electron chi connectivity index (χ0n) is 12.6. The van der Waals surface area contributed by atoms with Gasteiger partial charge >= 0.3 is 5.97 Å². The van der Waals surface area contributed by atoms with E-state index in [4.69, 9.17) is 20.9 Å². The lowest BCUT2D eigenvalue weighted by Gasteiger charge is -2.23. The number of hydrogen-bond acceptors (Lipinski definition) is 7. The molecule has 0 bridgehead atoms. The molecule has 1 amide bonds. The van der Waals surface area contributed by atoms with Crippen LogP contribution in [0, 0.1) is 0 Å². The van der Waals surface area contributed by atoms with Crippen LogP contribution in [0.4, 0.5) is 5.82 Å². The predicted octanol–water partition coefficient (Wildman–Crippen LogP) is -0.224. The molecular formula is C13H20N4O5. The van der Waals surface area contributed by atoms with Gasteiger partial charge in [0.15, 0.2) is 6.10 Å². The molecule has 22 heavy (non-hydrogen) atoms. The zero-order chi connectivity index (χ0) is 16.3. The van der Waals surface area contributed by atoms with Crippen molar-refractivity contribution in [1.29, 1.82) is 0 Å². The molecule has 4 N–H and O–H groups in total. The van der Waals surface area contributed by atoms with Gasteiger partial charge in [-0.3, -0.25) is 4.79 Å². The number of esters is 1. The number of primary amides is 1. The van der Waals surface area contributed by atoms with Gasteiger partial charge in [-0.05, 0) is 12.8 Å². The lowest BCUT2D eigenvalue weighted by Crippen LogP contribution is -2.22. The van der Waals surface area contributed by atoms with Crippen molar-refractivity contribution in [2.24, 2.45) is 5.73 Å². The largest absolute Gasteiger partial charge is 0.467 e. The fourth-order valence-corrected chi connectivity index (χ4v) is 2.54. The standard InChI is InChI=1S/C13H20N4O5/c1-20-10(13(19)21-2)9-8(12(15)18)11(14)17(16-9)7-3-5-22-6-4-7/h7,10H,3-6,14H2,1-2H3,(H2,15,18). The Morgan fingerprint density at radius 1 is 1.36 bits per heavy atom. The summed E-state index contributed by atoms with van der Waals surface area (Å²) in [6, 6.07) is -0.0178. The third-order valence-electron chi connectivity index (χ3n) is 3.66. The van der Waals surface area contributed by atoms with Crippen molar-refractivity contribution in [3.05, 3.63) is 11.3 Å². The molecule has 1 aromatic heterocycles. The van der Waals surface area contributed by atoms with Crippen LogP contribution in [0.3, 0.4) is 0 Å². The second-order valence-corrected chi connectivity index (χ2v) is 4.94. The van der Waals surface area contributed by atoms with Gasteiger partial charge in [-0.25, -0.2) is 9.48 Å². The van der Waals surface area contributed by atoms with Crippen LogP contribution in [-0.4, -0.2) is 49.1 Å². The first kappa shape index (κ1) is 16.2. The number of carbonyl (C=O) groups excluding carboxylic acids is 2. The monoisotopic (exact) mass is 312 g/mol. The van der Waals surface area contributed by atoms with Crippen molar-refractivity contribution < 1.29 is 23.8 Å². The third-order valence-corrected chi connectivity index (χ3v) is 3.66. The fourth-order valence-electron chi connectivity index (χ4n) is 2.54. The second kappa shape index (κ2) is 6.75. The Labute approximate surface area is 127 Å². The van der Waals surface area contributed by atoms with E-state index in [0.717, 1.165) is 0 Å². The molecule has 0 aromatic carbocycles. The molecule has 9 heteroatoms. The Balaban J connectivity index is 2.48. The molecule has 1 aliphatic rings. The van der Waals surface area contributed by atoms with Crippen LogP contribution in [0.25, 0.3) is 0 Å². The molecule has 122 valence electrons. The van der Waals surface area contributed by atoms with E-state index in [-0.39, 0.29) is 23.1 Å². The summed E-state index contributed by atoms with van der Waals surface area (Å²) in [4.78, 5) is 23.5. The summed E-state index contributed by atoms with van der Waals surface area (Å²) in [5.74, 6) is -1.32. The fraction of sp³-hybridized carbons (Fsp3) is 0.615. The number of carbonyl (C=O) groups is 2. The SMILES string of the molecule is COC(=O)C(OC)c1nn(C2CCOCC2)c(N)c1C(N)=O. The summed E-state index contributed by atoms with van der Waals surface area (Å²) in [7, 11) is 2.53. The maximum absolute atomic E-state index is 11.8. The molecule has 0 spiro atoms. The lowest BCUT2D eigenvalue weighted by atomic mass is 10.1. The van der Waals surface area contributed by atoms with Crippen LogP contribution in [0.1, 0.15) is 41.0 Å². The zero-order valence-corrected chi connectivity index (χ0v) is 12.6. The Kier molecular flexibility index (Phi) is 4.99. The van der Waals surface area contributed by atoms with Crippen molar-refractivity contribution in [1.82, 2.24) is 9.78 Å². The molecule has 9 nitrogen and oxygen atoms in total. The van der Waals surface area contributed by atoms with Crippen LogP contribution in [0.5, 0.6) is 0 Å². The number of methoxy groups -OCH3 is 2. The van der Waals surface area contributed by atoms with Gasteiger partial charge in [0, 0.05) is 20.3 Å². The highest BCUT2D eigenvalue weighted by molar-refractivity contribution is 5.99. The van der Waals surface area contributed by atoms with Crippen LogP contribution in [0.2, 0.25) is 0 Å². The number of nitrogens with zero attached hydrogens (tertiary/aromatic N) is 2. The number of nitrogen functional groups attached to an aromatic ring is 1. The molecule has 2 rings (SSSR count). The van der Waals surface area contributed by atoms with Gasteiger partial charge in [-0.1, -0.05) is 0 Å². The molecule has 1 unspecified atom stereocenters. The average molecular weight is 312 g/mol. The van der Waals surface area contributed by atoms with Gasteiger partial charge in [0.05, 0.1) is 13.2 Å². The van der Waals surface area contributed by atoms with Crippen molar-refractivity contribution in [2.45, 2.75) is 25.0 Å². The summed E-state index contributed by atoms with van der Waals surface area (Å²) in [5.41, 5.74) is 11.5. The van der Waals surface area contributed by atoms with E-state index < -0.39 is 18.0 Å². The Bertz CT molecular complexity index is 565. The van der Waals surface area contributed by atoms with E-state index in [1.807, 2.05) is 0 Å². The third kappa shape index (κ3) is 2.90. The molecule has 0 radical (unpaired) electrons. The summed E-state index contributed by atoms with van der Waals surface area (Å²) in [6.45, 7) is 1.16. The van der Waals surface area contributed by atoms with Crippen molar-refractivity contribution >= 4 is 17.7 Å². The van der Waals surface area contributed by atoms with E-state index in [2.05, 4.69) is 9.84 Å². The van der Waals surface area contributed by atoms with Crippen LogP contribution < -0.4 is 11.5 Å². The van der Waals surface area contributed by atoms with Gasteiger partial charge in [-0.15, -0.1) is 0 Å². The summed E-state index contributed by atoms with van der Waals surface area (Å²) in [6.07, 6.45) is 0.259. The number of amides is 1. The van der Waals surface area contributed by atoms with E-state index in [9.17, 15) is 9.59 Å². The van der Waals surface area contributed by atoms with Crippen molar-refractivity contribution in [2.75, 3.05) is 33.2 Å². The second-order valence-electron chi connectivity index (χ2n) is 4.94.